The maximum absolute atomic E-state index is 12.4. The summed E-state index contributed by atoms with van der Waals surface area (Å²) in [5, 5.41) is 2.07. The highest BCUT2D eigenvalue weighted by Gasteiger charge is 2.30. The fourth-order valence-electron chi connectivity index (χ4n) is 1.85. The summed E-state index contributed by atoms with van der Waals surface area (Å²) in [6.07, 6.45) is -3.45. The molecule has 0 aliphatic carbocycles. The van der Waals surface area contributed by atoms with Gasteiger partial charge in [-0.15, -0.1) is 0 Å². The van der Waals surface area contributed by atoms with Crippen molar-refractivity contribution in [3.63, 3.8) is 0 Å². The van der Waals surface area contributed by atoms with Crippen LogP contribution >= 0.6 is 0 Å². The minimum Gasteiger partial charge on any atom is -0.304 e. The number of hydrazine groups is 1. The van der Waals surface area contributed by atoms with E-state index in [2.05, 4.69) is 27.4 Å². The normalized spacial score (nSPS) is 18.7. The Kier molecular flexibility index (Phi) is 4.38. The fourth-order valence-corrected chi connectivity index (χ4v) is 1.85. The van der Waals surface area contributed by atoms with E-state index in [4.69, 9.17) is 0 Å². The molecule has 1 aromatic heterocycles. The maximum atomic E-state index is 12.4. The average molecular weight is 274 g/mol. The lowest BCUT2D eigenvalue weighted by atomic mass is 10.2. The number of piperazine rings is 1. The monoisotopic (exact) mass is 274 g/mol. The first kappa shape index (κ1) is 14.2. The van der Waals surface area contributed by atoms with Gasteiger partial charge in [0, 0.05) is 32.4 Å². The number of rotatable bonds is 3. The predicted octanol–water partition coefficient (Wildman–Crippen LogP) is 1.35. The number of pyridine rings is 1. The Morgan fingerprint density at radius 2 is 1.89 bits per heavy atom. The van der Waals surface area contributed by atoms with Gasteiger partial charge in [0.05, 0.1) is 17.8 Å². The highest BCUT2D eigenvalue weighted by atomic mass is 19.4. The second-order valence-electron chi connectivity index (χ2n) is 4.66. The Labute approximate surface area is 110 Å². The highest BCUT2D eigenvalue weighted by Crippen LogP contribution is 2.28. The molecule has 0 bridgehead atoms. The van der Waals surface area contributed by atoms with Gasteiger partial charge in [0.1, 0.15) is 0 Å². The number of nitrogens with zero attached hydrogens (tertiary/aromatic N) is 3. The van der Waals surface area contributed by atoms with Gasteiger partial charge in [-0.2, -0.15) is 13.2 Å². The Morgan fingerprint density at radius 3 is 2.42 bits per heavy atom. The number of hydrogen-bond acceptors (Lipinski definition) is 4. The molecule has 1 N–H and O–H groups in total. The second-order valence-corrected chi connectivity index (χ2v) is 4.66. The Bertz CT molecular complexity index is 396. The van der Waals surface area contributed by atoms with E-state index in [1.807, 2.05) is 0 Å². The van der Waals surface area contributed by atoms with E-state index < -0.39 is 11.7 Å². The van der Waals surface area contributed by atoms with Gasteiger partial charge in [0.2, 0.25) is 0 Å². The quantitative estimate of drug-likeness (QED) is 0.901. The zero-order chi connectivity index (χ0) is 13.9. The largest absolute Gasteiger partial charge is 0.417 e. The summed E-state index contributed by atoms with van der Waals surface area (Å²) >= 11 is 0. The van der Waals surface area contributed by atoms with Gasteiger partial charge in [0.15, 0.2) is 0 Å². The standard InChI is InChI=1S/C12H17F3N4/c1-18-4-6-19(7-5-18)17-9-11-3-2-10(8-16-11)12(13,14)15/h2-3,8,17H,4-7,9H2,1H3. The molecule has 0 amide bonds. The molecule has 1 aromatic rings. The van der Waals surface area contributed by atoms with Crippen LogP contribution in [0.5, 0.6) is 0 Å². The molecule has 4 nitrogen and oxygen atoms in total. The molecular formula is C12H17F3N4. The van der Waals surface area contributed by atoms with Crippen LogP contribution in [0.1, 0.15) is 11.3 Å². The van der Waals surface area contributed by atoms with Crippen molar-refractivity contribution in [1.29, 1.82) is 0 Å². The molecule has 1 aliphatic heterocycles. The van der Waals surface area contributed by atoms with Gasteiger partial charge in [-0.3, -0.25) is 4.98 Å². The molecule has 1 fully saturated rings. The van der Waals surface area contributed by atoms with E-state index in [1.165, 1.54) is 6.07 Å². The smallest absolute Gasteiger partial charge is 0.304 e. The molecule has 106 valence electrons. The molecule has 1 saturated heterocycles. The Morgan fingerprint density at radius 1 is 1.21 bits per heavy atom. The minimum atomic E-state index is -4.32. The predicted molar refractivity (Wildman–Crippen MR) is 65.1 cm³/mol. The number of hydrogen-bond donors (Lipinski definition) is 1. The van der Waals surface area contributed by atoms with Crippen molar-refractivity contribution in [1.82, 2.24) is 20.3 Å². The van der Waals surface area contributed by atoms with Crippen LogP contribution < -0.4 is 5.43 Å². The Balaban J connectivity index is 1.83. The number of alkyl halides is 3. The third-order valence-corrected chi connectivity index (χ3v) is 3.14. The van der Waals surface area contributed by atoms with Crippen LogP contribution in [0.2, 0.25) is 0 Å². The van der Waals surface area contributed by atoms with Gasteiger partial charge in [-0.1, -0.05) is 0 Å². The lowest BCUT2D eigenvalue weighted by Crippen LogP contribution is -2.50. The van der Waals surface area contributed by atoms with Crippen LogP contribution in [0.15, 0.2) is 18.3 Å². The van der Waals surface area contributed by atoms with Crippen LogP contribution in [-0.2, 0) is 12.7 Å². The molecule has 0 spiro atoms. The lowest BCUT2D eigenvalue weighted by molar-refractivity contribution is -0.137. The van der Waals surface area contributed by atoms with Crippen molar-refractivity contribution < 1.29 is 13.2 Å². The number of nitrogens with one attached hydrogen (secondary N) is 1. The summed E-state index contributed by atoms with van der Waals surface area (Å²) in [5.74, 6) is 0. The summed E-state index contributed by atoms with van der Waals surface area (Å²) in [7, 11) is 2.06. The average Bonchev–Trinajstić information content (AvgIpc) is 2.37. The van der Waals surface area contributed by atoms with E-state index in [9.17, 15) is 13.2 Å². The van der Waals surface area contributed by atoms with Gasteiger partial charge in [-0.25, -0.2) is 10.4 Å². The van der Waals surface area contributed by atoms with Crippen molar-refractivity contribution in [3.05, 3.63) is 29.6 Å². The van der Waals surface area contributed by atoms with Gasteiger partial charge >= 0.3 is 6.18 Å². The second kappa shape index (κ2) is 5.85. The fraction of sp³-hybridized carbons (Fsp3) is 0.583. The molecule has 0 atom stereocenters. The zero-order valence-corrected chi connectivity index (χ0v) is 10.7. The van der Waals surface area contributed by atoms with E-state index in [0.29, 0.717) is 12.2 Å². The number of likely N-dealkylation sites (N-methyl/N-ethyl adjacent to an activating group) is 1. The number of halogens is 3. The Hall–Kier alpha value is -1.18. The third kappa shape index (κ3) is 4.15. The van der Waals surface area contributed by atoms with Crippen molar-refractivity contribution in [3.8, 4) is 0 Å². The zero-order valence-electron chi connectivity index (χ0n) is 10.7. The van der Waals surface area contributed by atoms with Crippen molar-refractivity contribution in [2.24, 2.45) is 0 Å². The number of aromatic nitrogens is 1. The maximum Gasteiger partial charge on any atom is 0.417 e. The van der Waals surface area contributed by atoms with Crippen LogP contribution in [0.3, 0.4) is 0 Å². The van der Waals surface area contributed by atoms with Gasteiger partial charge < -0.3 is 4.90 Å². The highest BCUT2D eigenvalue weighted by molar-refractivity contribution is 5.16. The molecule has 0 saturated carbocycles. The van der Waals surface area contributed by atoms with Crippen LogP contribution in [0.25, 0.3) is 0 Å². The van der Waals surface area contributed by atoms with E-state index in [-0.39, 0.29) is 0 Å². The molecule has 0 radical (unpaired) electrons. The van der Waals surface area contributed by atoms with E-state index in [1.54, 1.807) is 0 Å². The van der Waals surface area contributed by atoms with E-state index >= 15 is 0 Å². The molecule has 2 rings (SSSR count). The molecule has 19 heavy (non-hydrogen) atoms. The molecule has 2 heterocycles. The minimum absolute atomic E-state index is 0.446. The SMILES string of the molecule is CN1CCN(NCc2ccc(C(F)(F)F)cn2)CC1. The first-order valence-corrected chi connectivity index (χ1v) is 6.14. The molecule has 0 aromatic carbocycles. The van der Waals surface area contributed by atoms with Crippen molar-refractivity contribution in [2.75, 3.05) is 33.2 Å². The molecular weight excluding hydrogens is 257 g/mol. The van der Waals surface area contributed by atoms with Crippen LogP contribution in [0, 0.1) is 0 Å². The summed E-state index contributed by atoms with van der Waals surface area (Å²) < 4.78 is 37.1. The van der Waals surface area contributed by atoms with Gasteiger partial charge in [0.25, 0.3) is 0 Å². The molecule has 7 heteroatoms. The van der Waals surface area contributed by atoms with Crippen LogP contribution in [0.4, 0.5) is 13.2 Å². The first-order valence-electron chi connectivity index (χ1n) is 6.14. The van der Waals surface area contributed by atoms with Crippen LogP contribution in [-0.4, -0.2) is 48.1 Å². The summed E-state index contributed by atoms with van der Waals surface area (Å²) in [6, 6.07) is 2.47. The third-order valence-electron chi connectivity index (χ3n) is 3.14. The van der Waals surface area contributed by atoms with Gasteiger partial charge in [-0.05, 0) is 19.2 Å². The summed E-state index contributed by atoms with van der Waals surface area (Å²) in [6.45, 7) is 4.21. The van der Waals surface area contributed by atoms with Crippen molar-refractivity contribution in [2.45, 2.75) is 12.7 Å². The first-order chi connectivity index (χ1) is 8.95. The van der Waals surface area contributed by atoms with E-state index in [0.717, 1.165) is 38.4 Å². The topological polar surface area (TPSA) is 31.4 Å². The summed E-state index contributed by atoms with van der Waals surface area (Å²) in [5.41, 5.74) is 3.07. The lowest BCUT2D eigenvalue weighted by Gasteiger charge is -2.32. The molecule has 1 aliphatic rings. The van der Waals surface area contributed by atoms with Crippen molar-refractivity contribution >= 4 is 0 Å². The summed E-state index contributed by atoms with van der Waals surface area (Å²) in [4.78, 5) is 6.06. The molecule has 0 unspecified atom stereocenters.